The van der Waals surface area contributed by atoms with Crippen LogP contribution in [0.3, 0.4) is 0 Å². The first kappa shape index (κ1) is 16.7. The Morgan fingerprint density at radius 3 is 2.79 bits per heavy atom. The summed E-state index contributed by atoms with van der Waals surface area (Å²) in [5, 5.41) is 13.9. The van der Waals surface area contributed by atoms with E-state index in [-0.39, 0.29) is 17.9 Å². The first-order valence-electron chi connectivity index (χ1n) is 8.76. The van der Waals surface area contributed by atoms with Crippen LogP contribution < -0.4 is 16.0 Å². The molecule has 0 radical (unpaired) electrons. The van der Waals surface area contributed by atoms with Gasteiger partial charge in [-0.25, -0.2) is 4.98 Å². The fraction of sp³-hybridized carbons (Fsp3) is 0.750. The Morgan fingerprint density at radius 2 is 2.12 bits per heavy atom. The van der Waals surface area contributed by atoms with Crippen LogP contribution >= 0.6 is 0 Å². The lowest BCUT2D eigenvalue weighted by Gasteiger charge is -2.30. The third kappa shape index (κ3) is 4.46. The molecule has 2 aliphatic rings. The molecule has 1 amide bonds. The summed E-state index contributed by atoms with van der Waals surface area (Å²) in [4.78, 5) is 20.7. The van der Waals surface area contributed by atoms with Crippen LogP contribution in [0.15, 0.2) is 11.3 Å². The summed E-state index contributed by atoms with van der Waals surface area (Å²) in [5.74, 6) is 1.94. The highest BCUT2D eigenvalue weighted by Gasteiger charge is 2.31. The molecule has 0 bridgehead atoms. The van der Waals surface area contributed by atoms with Crippen LogP contribution in [0.4, 0.5) is 0 Å². The Bertz CT molecular complexity index is 593. The smallest absolute Gasteiger partial charge is 0.223 e. The number of aromatic nitrogens is 3. The molecular weight excluding hydrogens is 306 g/mol. The summed E-state index contributed by atoms with van der Waals surface area (Å²) >= 11 is 0. The van der Waals surface area contributed by atoms with Gasteiger partial charge in [-0.1, -0.05) is 6.42 Å². The van der Waals surface area contributed by atoms with E-state index in [0.717, 1.165) is 50.3 Å². The molecule has 8 heteroatoms. The average molecular weight is 333 g/mol. The maximum Gasteiger partial charge on any atom is 0.223 e. The van der Waals surface area contributed by atoms with Crippen molar-refractivity contribution in [3.05, 3.63) is 12.2 Å². The van der Waals surface area contributed by atoms with Gasteiger partial charge in [0.05, 0.1) is 6.54 Å². The van der Waals surface area contributed by atoms with Crippen LogP contribution in [0.1, 0.15) is 44.3 Å². The van der Waals surface area contributed by atoms with Crippen LogP contribution in [0.2, 0.25) is 0 Å². The maximum atomic E-state index is 12.3. The van der Waals surface area contributed by atoms with Crippen molar-refractivity contribution < 1.29 is 4.79 Å². The van der Waals surface area contributed by atoms with E-state index < -0.39 is 0 Å². The molecule has 2 unspecified atom stereocenters. The molecule has 3 N–H and O–H groups in total. The Kier molecular flexibility index (Phi) is 5.32. The molecule has 1 aromatic heterocycles. The normalized spacial score (nSPS) is 24.5. The van der Waals surface area contributed by atoms with Gasteiger partial charge in [0.2, 0.25) is 5.91 Å². The van der Waals surface area contributed by atoms with E-state index in [4.69, 9.17) is 0 Å². The van der Waals surface area contributed by atoms with E-state index in [9.17, 15) is 4.79 Å². The predicted molar refractivity (Wildman–Crippen MR) is 91.2 cm³/mol. The van der Waals surface area contributed by atoms with E-state index in [2.05, 4.69) is 31.0 Å². The van der Waals surface area contributed by atoms with Gasteiger partial charge in [-0.15, -0.1) is 0 Å². The highest BCUT2D eigenvalue weighted by Crippen LogP contribution is 2.26. The van der Waals surface area contributed by atoms with Crippen molar-refractivity contribution >= 4 is 11.9 Å². The van der Waals surface area contributed by atoms with Crippen LogP contribution in [0.25, 0.3) is 0 Å². The topological polar surface area (TPSA) is 96.2 Å². The summed E-state index contributed by atoms with van der Waals surface area (Å²) < 4.78 is 1.74. The van der Waals surface area contributed by atoms with E-state index in [1.54, 1.807) is 11.7 Å². The SMILES string of the molecule is CN=C(NCc1ncnn1C)NC1CCCC(C(=O)NC2CC2)C1. The summed E-state index contributed by atoms with van der Waals surface area (Å²) in [7, 11) is 3.62. The van der Waals surface area contributed by atoms with Gasteiger partial charge in [0, 0.05) is 32.1 Å². The number of amides is 1. The number of aryl methyl sites for hydroxylation is 1. The molecule has 0 aliphatic heterocycles. The number of hydrogen-bond acceptors (Lipinski definition) is 4. The second-order valence-corrected chi connectivity index (χ2v) is 6.71. The lowest BCUT2D eigenvalue weighted by Crippen LogP contribution is -2.47. The Labute approximate surface area is 142 Å². The average Bonchev–Trinajstić information content (AvgIpc) is 3.31. The van der Waals surface area contributed by atoms with E-state index in [0.29, 0.717) is 12.6 Å². The van der Waals surface area contributed by atoms with Crippen LogP contribution in [-0.4, -0.2) is 45.8 Å². The standard InChI is InChI=1S/C16H27N7O/c1-17-16(18-9-14-19-10-20-23(14)2)22-13-5-3-4-11(8-13)15(24)21-12-6-7-12/h10-13H,3-9H2,1-2H3,(H,21,24)(H2,17,18,22). The van der Waals surface area contributed by atoms with E-state index in [1.807, 2.05) is 7.05 Å². The molecule has 2 aliphatic carbocycles. The fourth-order valence-corrected chi connectivity index (χ4v) is 3.14. The largest absolute Gasteiger partial charge is 0.354 e. The Morgan fingerprint density at radius 1 is 1.29 bits per heavy atom. The first-order valence-corrected chi connectivity index (χ1v) is 8.76. The summed E-state index contributed by atoms with van der Waals surface area (Å²) in [5.41, 5.74) is 0. The van der Waals surface area contributed by atoms with Gasteiger partial charge in [0.1, 0.15) is 12.2 Å². The van der Waals surface area contributed by atoms with Gasteiger partial charge in [-0.3, -0.25) is 14.5 Å². The fourth-order valence-electron chi connectivity index (χ4n) is 3.14. The number of carbonyl (C=O) groups is 1. The van der Waals surface area contributed by atoms with Gasteiger partial charge in [0.15, 0.2) is 5.96 Å². The third-order valence-corrected chi connectivity index (χ3v) is 4.75. The second-order valence-electron chi connectivity index (χ2n) is 6.71. The minimum atomic E-state index is 0.119. The number of guanidine groups is 1. The first-order chi connectivity index (χ1) is 11.7. The van der Waals surface area contributed by atoms with Crippen molar-refractivity contribution in [2.75, 3.05) is 7.05 Å². The zero-order valence-electron chi connectivity index (χ0n) is 14.5. The molecular formula is C16H27N7O. The van der Waals surface area contributed by atoms with Crippen LogP contribution in [-0.2, 0) is 18.4 Å². The lowest BCUT2D eigenvalue weighted by atomic mass is 9.85. The van der Waals surface area contributed by atoms with Crippen molar-refractivity contribution in [2.45, 2.75) is 57.2 Å². The van der Waals surface area contributed by atoms with Crippen molar-refractivity contribution in [3.63, 3.8) is 0 Å². The number of hydrogen-bond donors (Lipinski definition) is 3. The zero-order valence-corrected chi connectivity index (χ0v) is 14.5. The van der Waals surface area contributed by atoms with Crippen LogP contribution in [0, 0.1) is 5.92 Å². The number of nitrogens with one attached hydrogen (secondary N) is 3. The van der Waals surface area contributed by atoms with Crippen molar-refractivity contribution in [1.82, 2.24) is 30.7 Å². The second kappa shape index (κ2) is 7.63. The number of aliphatic imine (C=N–C) groups is 1. The number of rotatable bonds is 5. The minimum absolute atomic E-state index is 0.119. The monoisotopic (exact) mass is 333 g/mol. The highest BCUT2D eigenvalue weighted by atomic mass is 16.2. The molecule has 0 spiro atoms. The van der Waals surface area contributed by atoms with Gasteiger partial charge in [-0.05, 0) is 32.1 Å². The molecule has 2 atom stereocenters. The molecule has 1 aromatic rings. The Hall–Kier alpha value is -2.12. The zero-order chi connectivity index (χ0) is 16.9. The summed E-state index contributed by atoms with van der Waals surface area (Å²) in [6.07, 6.45) is 7.80. The lowest BCUT2D eigenvalue weighted by molar-refractivity contribution is -0.126. The molecule has 1 heterocycles. The van der Waals surface area contributed by atoms with Gasteiger partial charge in [-0.2, -0.15) is 5.10 Å². The van der Waals surface area contributed by atoms with Crippen molar-refractivity contribution in [1.29, 1.82) is 0 Å². The molecule has 2 fully saturated rings. The Balaban J connectivity index is 1.47. The molecule has 0 aromatic carbocycles. The quantitative estimate of drug-likeness (QED) is 0.533. The van der Waals surface area contributed by atoms with Gasteiger partial charge >= 0.3 is 0 Å². The van der Waals surface area contributed by atoms with Gasteiger partial charge in [0.25, 0.3) is 0 Å². The molecule has 0 saturated heterocycles. The van der Waals surface area contributed by atoms with Crippen molar-refractivity contribution in [2.24, 2.45) is 18.0 Å². The third-order valence-electron chi connectivity index (χ3n) is 4.75. The molecule has 132 valence electrons. The highest BCUT2D eigenvalue weighted by molar-refractivity contribution is 5.81. The maximum absolute atomic E-state index is 12.3. The van der Waals surface area contributed by atoms with E-state index in [1.165, 1.54) is 6.33 Å². The summed E-state index contributed by atoms with van der Waals surface area (Å²) in [6, 6.07) is 0.714. The number of carbonyl (C=O) groups excluding carboxylic acids is 1. The predicted octanol–water partition coefficient (Wildman–Crippen LogP) is 0.318. The van der Waals surface area contributed by atoms with E-state index >= 15 is 0 Å². The molecule has 24 heavy (non-hydrogen) atoms. The van der Waals surface area contributed by atoms with Crippen LogP contribution in [0.5, 0.6) is 0 Å². The number of nitrogens with zero attached hydrogens (tertiary/aromatic N) is 4. The molecule has 8 nitrogen and oxygen atoms in total. The molecule has 3 rings (SSSR count). The van der Waals surface area contributed by atoms with Gasteiger partial charge < -0.3 is 16.0 Å². The van der Waals surface area contributed by atoms with Crippen molar-refractivity contribution in [3.8, 4) is 0 Å². The summed E-state index contributed by atoms with van der Waals surface area (Å²) in [6.45, 7) is 0.564. The molecule has 2 saturated carbocycles. The minimum Gasteiger partial charge on any atom is -0.354 e.